The molecule has 0 amide bonds. The van der Waals surface area contributed by atoms with Crippen LogP contribution in [-0.4, -0.2) is 4.98 Å². The minimum Gasteiger partial charge on any atom is -0.250 e. The number of imidazole rings is 1. The first kappa shape index (κ1) is 38.6. The van der Waals surface area contributed by atoms with Crippen LogP contribution in [-0.2, 0) is 6.42 Å². The first-order chi connectivity index (χ1) is 21.8. The van der Waals surface area contributed by atoms with Crippen LogP contribution >= 0.6 is 0 Å². The van der Waals surface area contributed by atoms with Gasteiger partial charge < -0.3 is 0 Å². The molecule has 252 valence electrons. The molecule has 1 heterocycles. The lowest BCUT2D eigenvalue weighted by molar-refractivity contribution is -0.730. The monoisotopic (exact) mass is 608 g/mol. The number of rotatable bonds is 32. The molecule has 0 radical (unpaired) electrons. The molecule has 1 aromatic carbocycles. The lowest BCUT2D eigenvalue weighted by Crippen LogP contribution is -2.42. The smallest absolute Gasteiger partial charge is 0.241 e. The lowest BCUT2D eigenvalue weighted by atomic mass is 9.84. The molecule has 0 aliphatic heterocycles. The Morgan fingerprint density at radius 3 is 1.32 bits per heavy atom. The molecule has 0 spiro atoms. The number of nitrogens with zero attached hydrogens (tertiary/aromatic N) is 1. The van der Waals surface area contributed by atoms with Crippen molar-refractivity contribution in [1.82, 2.24) is 4.98 Å². The van der Waals surface area contributed by atoms with E-state index < -0.39 is 0 Å². The van der Waals surface area contributed by atoms with Crippen molar-refractivity contribution in [2.75, 3.05) is 0 Å². The summed E-state index contributed by atoms with van der Waals surface area (Å²) in [7, 11) is 0. The van der Waals surface area contributed by atoms with E-state index in [1.807, 2.05) is 0 Å². The van der Waals surface area contributed by atoms with Crippen LogP contribution in [0, 0.1) is 5.92 Å². The zero-order valence-corrected chi connectivity index (χ0v) is 29.7. The Labute approximate surface area is 275 Å². The quantitative estimate of drug-likeness (QED) is 0.0630. The van der Waals surface area contributed by atoms with E-state index in [0.29, 0.717) is 12.0 Å². The Balaban J connectivity index is 1.68. The molecule has 2 aromatic rings. The van der Waals surface area contributed by atoms with Gasteiger partial charge in [0, 0.05) is 5.92 Å². The lowest BCUT2D eigenvalue weighted by Gasteiger charge is -2.25. The van der Waals surface area contributed by atoms with Crippen molar-refractivity contribution < 1.29 is 4.57 Å². The molecule has 2 nitrogen and oxygen atoms in total. The second-order valence-corrected chi connectivity index (χ2v) is 14.1. The van der Waals surface area contributed by atoms with Crippen molar-refractivity contribution in [3.63, 3.8) is 0 Å². The summed E-state index contributed by atoms with van der Waals surface area (Å²) in [6, 6.07) is 11.9. The van der Waals surface area contributed by atoms with Gasteiger partial charge in [-0.15, -0.1) is 0 Å². The molecule has 2 heteroatoms. The number of hydrogen-bond acceptors (Lipinski definition) is 0. The molecular weight excluding hydrogens is 532 g/mol. The maximum Gasteiger partial charge on any atom is 0.241 e. The number of aromatic amines is 1. The van der Waals surface area contributed by atoms with Crippen LogP contribution in [0.3, 0.4) is 0 Å². The molecular formula is C42H75N2+. The minimum atomic E-state index is 0.603. The van der Waals surface area contributed by atoms with Crippen LogP contribution in [0.4, 0.5) is 0 Å². The van der Waals surface area contributed by atoms with E-state index in [-0.39, 0.29) is 0 Å². The van der Waals surface area contributed by atoms with Gasteiger partial charge in [-0.3, -0.25) is 4.98 Å². The van der Waals surface area contributed by atoms with E-state index in [2.05, 4.69) is 72.5 Å². The summed E-state index contributed by atoms with van der Waals surface area (Å²) in [4.78, 5) is 3.36. The topological polar surface area (TPSA) is 19.7 Å². The van der Waals surface area contributed by atoms with Crippen LogP contribution in [0.5, 0.6) is 0 Å². The molecule has 44 heavy (non-hydrogen) atoms. The molecule has 0 aliphatic rings. The average molecular weight is 608 g/mol. The first-order valence-electron chi connectivity index (χ1n) is 19.9. The Morgan fingerprint density at radius 2 is 0.909 bits per heavy atom. The molecule has 1 N–H and O–H groups in total. The van der Waals surface area contributed by atoms with E-state index in [4.69, 9.17) is 0 Å². The molecule has 0 aliphatic carbocycles. The van der Waals surface area contributed by atoms with Crippen molar-refractivity contribution in [3.05, 3.63) is 54.6 Å². The van der Waals surface area contributed by atoms with Gasteiger partial charge in [0.25, 0.3) is 0 Å². The maximum atomic E-state index is 3.36. The molecule has 0 fully saturated rings. The second-order valence-electron chi connectivity index (χ2n) is 14.1. The normalized spacial score (nSPS) is 13.0. The number of hydrogen-bond donors (Lipinski definition) is 1. The number of benzene rings is 1. The fourth-order valence-electron chi connectivity index (χ4n) is 7.28. The van der Waals surface area contributed by atoms with Crippen LogP contribution in [0.1, 0.15) is 205 Å². The van der Waals surface area contributed by atoms with Gasteiger partial charge in [-0.05, 0) is 31.2 Å². The SMILES string of the molecule is CCCCCCCCCCCCCCCCC(C(CCCCCCCCCCCCCC)Cc1ccccc1)[n+]1cc[nH]c1. The number of unbranched alkanes of at least 4 members (excludes halogenated alkanes) is 24. The van der Waals surface area contributed by atoms with E-state index >= 15 is 0 Å². The van der Waals surface area contributed by atoms with E-state index in [1.165, 1.54) is 192 Å². The molecule has 0 bridgehead atoms. The fraction of sp³-hybridized carbons (Fsp3) is 0.786. The summed E-state index contributed by atoms with van der Waals surface area (Å²) in [5, 5.41) is 0. The third-order valence-corrected chi connectivity index (χ3v) is 10.1. The van der Waals surface area contributed by atoms with Crippen molar-refractivity contribution in [2.45, 2.75) is 206 Å². The third-order valence-electron chi connectivity index (χ3n) is 10.1. The van der Waals surface area contributed by atoms with Gasteiger partial charge in [-0.1, -0.05) is 205 Å². The van der Waals surface area contributed by atoms with Gasteiger partial charge >= 0.3 is 0 Å². The highest BCUT2D eigenvalue weighted by molar-refractivity contribution is 5.15. The van der Waals surface area contributed by atoms with E-state index in [9.17, 15) is 0 Å². The van der Waals surface area contributed by atoms with E-state index in [1.54, 1.807) is 0 Å². The van der Waals surface area contributed by atoms with Crippen molar-refractivity contribution in [1.29, 1.82) is 0 Å². The highest BCUT2D eigenvalue weighted by Gasteiger charge is 2.26. The van der Waals surface area contributed by atoms with Crippen molar-refractivity contribution >= 4 is 0 Å². The Bertz CT molecular complexity index is 814. The molecule has 0 saturated carbocycles. The highest BCUT2D eigenvalue weighted by atomic mass is 15.1. The van der Waals surface area contributed by atoms with Gasteiger partial charge in [0.05, 0.1) is 0 Å². The third kappa shape index (κ3) is 20.5. The number of H-pyrrole nitrogens is 1. The van der Waals surface area contributed by atoms with Crippen molar-refractivity contribution in [2.24, 2.45) is 5.92 Å². The second kappa shape index (κ2) is 28.9. The van der Waals surface area contributed by atoms with Crippen LogP contribution in [0.25, 0.3) is 0 Å². The largest absolute Gasteiger partial charge is 0.250 e. The molecule has 2 rings (SSSR count). The molecule has 1 aromatic heterocycles. The Kier molecular flexibility index (Phi) is 25.3. The number of nitrogens with one attached hydrogen (secondary N) is 1. The summed E-state index contributed by atoms with van der Waals surface area (Å²) in [5.74, 6) is 0.711. The summed E-state index contributed by atoms with van der Waals surface area (Å²) in [5.41, 5.74) is 1.51. The van der Waals surface area contributed by atoms with Gasteiger partial charge in [0.2, 0.25) is 6.33 Å². The Morgan fingerprint density at radius 1 is 0.500 bits per heavy atom. The summed E-state index contributed by atoms with van der Waals surface area (Å²) >= 11 is 0. The summed E-state index contributed by atoms with van der Waals surface area (Å²) < 4.78 is 2.51. The van der Waals surface area contributed by atoms with E-state index in [0.717, 1.165) is 0 Å². The average Bonchev–Trinajstić information content (AvgIpc) is 3.58. The number of aromatic nitrogens is 2. The molecule has 2 atom stereocenters. The summed E-state index contributed by atoms with van der Waals surface area (Å²) in [6.45, 7) is 4.62. The predicted molar refractivity (Wildman–Crippen MR) is 194 cm³/mol. The standard InChI is InChI=1S/C42H74N2/c1-3-5-7-9-11-13-15-17-18-20-22-24-26-31-35-42(44-37-36-43-39-44)41(38-40-32-28-27-29-33-40)34-30-25-23-21-19-16-14-12-10-8-6-4-2/h27-29,32-33,36-37,39,41-42H,3-26,30-31,34-35,38H2,1-2H3/p+1. The minimum absolute atomic E-state index is 0.603. The summed E-state index contributed by atoms with van der Waals surface area (Å²) in [6.07, 6.45) is 47.7. The molecule has 2 unspecified atom stereocenters. The zero-order valence-electron chi connectivity index (χ0n) is 29.7. The van der Waals surface area contributed by atoms with Gasteiger partial charge in [0.15, 0.2) is 0 Å². The first-order valence-corrected chi connectivity index (χ1v) is 19.9. The Hall–Kier alpha value is -1.57. The zero-order chi connectivity index (χ0) is 31.2. The van der Waals surface area contributed by atoms with Crippen LogP contribution in [0.2, 0.25) is 0 Å². The van der Waals surface area contributed by atoms with Gasteiger partial charge in [-0.2, -0.15) is 0 Å². The van der Waals surface area contributed by atoms with Gasteiger partial charge in [0.1, 0.15) is 18.4 Å². The molecule has 0 saturated heterocycles. The van der Waals surface area contributed by atoms with Crippen molar-refractivity contribution in [3.8, 4) is 0 Å². The predicted octanol–water partition coefficient (Wildman–Crippen LogP) is 13.7. The highest BCUT2D eigenvalue weighted by Crippen LogP contribution is 2.29. The fourth-order valence-corrected chi connectivity index (χ4v) is 7.28. The van der Waals surface area contributed by atoms with Gasteiger partial charge in [-0.25, -0.2) is 4.57 Å². The van der Waals surface area contributed by atoms with Crippen LogP contribution < -0.4 is 4.57 Å². The maximum absolute atomic E-state index is 3.36. The van der Waals surface area contributed by atoms with Crippen LogP contribution in [0.15, 0.2) is 49.1 Å².